The molecule has 5 nitrogen and oxygen atoms in total. The molecule has 1 aromatic rings. The fourth-order valence-corrected chi connectivity index (χ4v) is 2.96. The average Bonchev–Trinajstić information content (AvgIpc) is 3.01. The number of aryl methyl sites for hydroxylation is 1. The SMILES string of the molecule is Cc1cc(OCC(=O)N2N=C(C(F)(F)C(F)(F)C(F)(F)F)C[C@]2(O)C(C)(C)C)ccc1Cl. The van der Waals surface area contributed by atoms with Crippen molar-refractivity contribution in [3.05, 3.63) is 28.8 Å². The molecule has 0 saturated carbocycles. The first kappa shape index (κ1) is 26.2. The molecule has 0 unspecified atom stereocenters. The molecule has 2 rings (SSSR count). The second-order valence-corrected chi connectivity index (χ2v) is 8.75. The third-order valence-corrected chi connectivity index (χ3v) is 5.45. The third-order valence-electron chi connectivity index (χ3n) is 5.03. The van der Waals surface area contributed by atoms with E-state index in [9.17, 15) is 40.6 Å². The highest BCUT2D eigenvalue weighted by atomic mass is 35.5. The summed E-state index contributed by atoms with van der Waals surface area (Å²) in [7, 11) is 0. The highest BCUT2D eigenvalue weighted by Gasteiger charge is 2.76. The van der Waals surface area contributed by atoms with Gasteiger partial charge in [-0.05, 0) is 30.7 Å². The number of halogens is 8. The molecule has 1 aliphatic rings. The Bertz CT molecular complexity index is 928. The minimum absolute atomic E-state index is 0.0749. The highest BCUT2D eigenvalue weighted by molar-refractivity contribution is 6.31. The van der Waals surface area contributed by atoms with Gasteiger partial charge in [0.15, 0.2) is 12.3 Å². The second kappa shape index (κ2) is 8.05. The summed E-state index contributed by atoms with van der Waals surface area (Å²) in [4.78, 5) is 12.6. The van der Waals surface area contributed by atoms with Crippen LogP contribution in [0.2, 0.25) is 5.02 Å². The van der Waals surface area contributed by atoms with Crippen LogP contribution < -0.4 is 4.74 Å². The number of ether oxygens (including phenoxy) is 1. The van der Waals surface area contributed by atoms with Crippen LogP contribution in [0.5, 0.6) is 5.75 Å². The number of hydrogen-bond donors (Lipinski definition) is 1. The summed E-state index contributed by atoms with van der Waals surface area (Å²) >= 11 is 5.87. The molecule has 0 spiro atoms. The van der Waals surface area contributed by atoms with Gasteiger partial charge in [-0.2, -0.15) is 40.8 Å². The van der Waals surface area contributed by atoms with Gasteiger partial charge in [0.25, 0.3) is 5.91 Å². The second-order valence-electron chi connectivity index (χ2n) is 8.34. The lowest BCUT2D eigenvalue weighted by atomic mass is 9.79. The van der Waals surface area contributed by atoms with Crippen molar-refractivity contribution in [1.29, 1.82) is 0 Å². The summed E-state index contributed by atoms with van der Waals surface area (Å²) < 4.78 is 98.4. The minimum atomic E-state index is -6.59. The van der Waals surface area contributed by atoms with Crippen LogP contribution in [0.3, 0.4) is 0 Å². The first-order chi connectivity index (χ1) is 14.3. The average molecular weight is 493 g/mol. The van der Waals surface area contributed by atoms with E-state index in [1.165, 1.54) is 39.0 Å². The molecular weight excluding hydrogens is 473 g/mol. The van der Waals surface area contributed by atoms with E-state index in [-0.39, 0.29) is 10.8 Å². The van der Waals surface area contributed by atoms with Crippen molar-refractivity contribution in [1.82, 2.24) is 5.01 Å². The van der Waals surface area contributed by atoms with Crippen LogP contribution in [0, 0.1) is 12.3 Å². The van der Waals surface area contributed by atoms with Crippen molar-refractivity contribution < 1.29 is 45.4 Å². The molecule has 1 amide bonds. The lowest BCUT2D eigenvalue weighted by Crippen LogP contribution is -2.58. The van der Waals surface area contributed by atoms with Crippen LogP contribution in [0.1, 0.15) is 32.8 Å². The number of alkyl halides is 7. The maximum absolute atomic E-state index is 14.2. The van der Waals surface area contributed by atoms with Gasteiger partial charge in [-0.15, -0.1) is 0 Å². The van der Waals surface area contributed by atoms with Crippen molar-refractivity contribution in [2.45, 2.75) is 57.9 Å². The zero-order valence-corrected chi connectivity index (χ0v) is 18.1. The van der Waals surface area contributed by atoms with Gasteiger partial charge in [-0.25, -0.2) is 0 Å². The van der Waals surface area contributed by atoms with Gasteiger partial charge in [0, 0.05) is 16.9 Å². The van der Waals surface area contributed by atoms with Crippen LogP contribution >= 0.6 is 11.6 Å². The molecular formula is C19H20ClF7N2O3. The molecule has 0 radical (unpaired) electrons. The van der Waals surface area contributed by atoms with Crippen LogP contribution in [-0.2, 0) is 4.79 Å². The Hall–Kier alpha value is -2.08. The Kier molecular flexibility index (Phi) is 6.58. The Morgan fingerprint density at radius 1 is 1.19 bits per heavy atom. The molecule has 1 heterocycles. The fraction of sp³-hybridized carbons (Fsp3) is 0.579. The van der Waals surface area contributed by atoms with Gasteiger partial charge < -0.3 is 9.84 Å². The molecule has 1 aliphatic heterocycles. The number of hydrogen-bond acceptors (Lipinski definition) is 4. The van der Waals surface area contributed by atoms with Crippen LogP contribution in [0.25, 0.3) is 0 Å². The Morgan fingerprint density at radius 3 is 2.22 bits per heavy atom. The summed E-state index contributed by atoms with van der Waals surface area (Å²) in [5.74, 6) is -13.4. The van der Waals surface area contributed by atoms with E-state index in [0.717, 1.165) is 0 Å². The van der Waals surface area contributed by atoms with E-state index in [1.54, 1.807) is 6.92 Å². The highest BCUT2D eigenvalue weighted by Crippen LogP contribution is 2.51. The van der Waals surface area contributed by atoms with Crippen LogP contribution in [-0.4, -0.2) is 52.1 Å². The number of amides is 1. The number of hydrazone groups is 1. The van der Waals surface area contributed by atoms with Crippen LogP contribution in [0.4, 0.5) is 30.7 Å². The number of carbonyl (C=O) groups excluding carboxylic acids is 1. The topological polar surface area (TPSA) is 62.1 Å². The molecule has 0 saturated heterocycles. The molecule has 0 fully saturated rings. The number of carbonyl (C=O) groups is 1. The van der Waals surface area contributed by atoms with Gasteiger partial charge in [0.1, 0.15) is 11.5 Å². The minimum Gasteiger partial charge on any atom is -0.484 e. The van der Waals surface area contributed by atoms with Crippen molar-refractivity contribution in [2.75, 3.05) is 6.61 Å². The fourth-order valence-electron chi connectivity index (χ4n) is 2.84. The summed E-state index contributed by atoms with van der Waals surface area (Å²) in [6.07, 6.45) is -8.02. The zero-order chi connectivity index (χ0) is 24.9. The number of benzene rings is 1. The monoisotopic (exact) mass is 492 g/mol. The van der Waals surface area contributed by atoms with Crippen LogP contribution in [0.15, 0.2) is 23.3 Å². The lowest BCUT2D eigenvalue weighted by molar-refractivity contribution is -0.336. The summed E-state index contributed by atoms with van der Waals surface area (Å²) in [5, 5.41) is 14.4. The van der Waals surface area contributed by atoms with E-state index >= 15 is 0 Å². The Morgan fingerprint density at radius 2 is 1.75 bits per heavy atom. The number of nitrogens with zero attached hydrogens (tertiary/aromatic N) is 2. The number of rotatable bonds is 5. The van der Waals surface area contributed by atoms with Gasteiger partial charge >= 0.3 is 18.0 Å². The zero-order valence-electron chi connectivity index (χ0n) is 17.3. The first-order valence-corrected chi connectivity index (χ1v) is 9.48. The molecule has 180 valence electrons. The van der Waals surface area contributed by atoms with E-state index in [0.29, 0.717) is 10.6 Å². The quantitative estimate of drug-likeness (QED) is 0.576. The molecule has 1 atom stereocenters. The predicted molar refractivity (Wildman–Crippen MR) is 101 cm³/mol. The van der Waals surface area contributed by atoms with Gasteiger partial charge in [-0.3, -0.25) is 4.79 Å². The van der Waals surface area contributed by atoms with Gasteiger partial charge in [-0.1, -0.05) is 32.4 Å². The summed E-state index contributed by atoms with van der Waals surface area (Å²) in [6, 6.07) is 4.28. The molecule has 1 aromatic carbocycles. The lowest BCUT2D eigenvalue weighted by Gasteiger charge is -2.41. The van der Waals surface area contributed by atoms with Crippen molar-refractivity contribution in [2.24, 2.45) is 10.5 Å². The third kappa shape index (κ3) is 4.39. The van der Waals surface area contributed by atoms with Crippen molar-refractivity contribution >= 4 is 23.2 Å². The van der Waals surface area contributed by atoms with E-state index < -0.39 is 53.8 Å². The predicted octanol–water partition coefficient (Wildman–Crippen LogP) is 5.18. The smallest absolute Gasteiger partial charge is 0.460 e. The van der Waals surface area contributed by atoms with Gasteiger partial charge in [0.2, 0.25) is 0 Å². The Labute approximate surface area is 183 Å². The molecule has 32 heavy (non-hydrogen) atoms. The van der Waals surface area contributed by atoms with Crippen molar-refractivity contribution in [3.8, 4) is 5.75 Å². The summed E-state index contributed by atoms with van der Waals surface area (Å²) in [5.41, 5.74) is -5.48. The normalized spacial score (nSPS) is 20.4. The summed E-state index contributed by atoms with van der Waals surface area (Å²) in [6.45, 7) is 4.58. The first-order valence-electron chi connectivity index (χ1n) is 9.10. The van der Waals surface area contributed by atoms with Crippen molar-refractivity contribution in [3.63, 3.8) is 0 Å². The molecule has 0 bridgehead atoms. The standard InChI is InChI=1S/C19H20ClF7N2O3/c1-10-7-11(5-6-12(10)20)32-9-14(30)29-16(31,15(2,3)4)8-13(28-29)17(21,22)18(23,24)19(25,26)27/h5-7,31H,8-9H2,1-4H3/t16-/m0/s1. The van der Waals surface area contributed by atoms with E-state index in [4.69, 9.17) is 16.3 Å². The van der Waals surface area contributed by atoms with Gasteiger partial charge in [0.05, 0.1) is 0 Å². The maximum Gasteiger partial charge on any atom is 0.460 e. The maximum atomic E-state index is 14.2. The Balaban J connectivity index is 2.39. The molecule has 0 aliphatic carbocycles. The molecule has 0 aromatic heterocycles. The molecule has 1 N–H and O–H groups in total. The molecule has 13 heteroatoms. The van der Waals surface area contributed by atoms with E-state index in [2.05, 4.69) is 5.10 Å². The van der Waals surface area contributed by atoms with E-state index in [1.807, 2.05) is 0 Å². The largest absolute Gasteiger partial charge is 0.484 e. The number of aliphatic hydroxyl groups is 1.